The van der Waals surface area contributed by atoms with Crippen molar-refractivity contribution in [1.82, 2.24) is 5.32 Å². The van der Waals surface area contributed by atoms with E-state index in [1.807, 2.05) is 25.1 Å². The minimum atomic E-state index is -0.335. The quantitative estimate of drug-likeness (QED) is 0.803. The van der Waals surface area contributed by atoms with E-state index in [0.29, 0.717) is 5.76 Å². The molecule has 2 amide bonds. The Morgan fingerprint density at radius 2 is 1.91 bits per heavy atom. The number of hydrogen-bond acceptors (Lipinski definition) is 3. The van der Waals surface area contributed by atoms with Crippen LogP contribution in [0.4, 0.5) is 5.69 Å². The molecule has 5 nitrogen and oxygen atoms in total. The van der Waals surface area contributed by atoms with Gasteiger partial charge in [0.15, 0.2) is 0 Å². The van der Waals surface area contributed by atoms with Crippen LogP contribution in [0.15, 0.2) is 41.0 Å². The van der Waals surface area contributed by atoms with Crippen molar-refractivity contribution in [2.75, 3.05) is 5.32 Å². The van der Waals surface area contributed by atoms with Crippen LogP contribution in [0.2, 0.25) is 0 Å². The normalized spacial score (nSPS) is 10.6. The highest BCUT2D eigenvalue weighted by molar-refractivity contribution is 6.04. The Balaban J connectivity index is 1.93. The highest BCUT2D eigenvalue weighted by Gasteiger charge is 2.14. The predicted molar refractivity (Wildman–Crippen MR) is 89.1 cm³/mol. The van der Waals surface area contributed by atoms with Crippen molar-refractivity contribution in [2.45, 2.75) is 39.7 Å². The number of hydrogen-bond donors (Lipinski definition) is 2. The number of nitrogens with one attached hydrogen (secondary N) is 2. The zero-order chi connectivity index (χ0) is 16.8. The molecule has 0 radical (unpaired) electrons. The molecule has 1 aromatic heterocycles. The first kappa shape index (κ1) is 16.8. The summed E-state index contributed by atoms with van der Waals surface area (Å²) in [6.07, 6.45) is 1.33. The molecule has 2 aromatic rings. The Bertz CT molecular complexity index is 676. The fraction of sp³-hybridized carbons (Fsp3) is 0.333. The van der Waals surface area contributed by atoms with Gasteiger partial charge >= 0.3 is 0 Å². The minimum absolute atomic E-state index is 0.216. The number of carbonyl (C=O) groups is 2. The van der Waals surface area contributed by atoms with Gasteiger partial charge in [-0.3, -0.25) is 9.59 Å². The number of furan rings is 1. The average molecular weight is 314 g/mol. The van der Waals surface area contributed by atoms with Crippen molar-refractivity contribution >= 4 is 17.5 Å². The molecule has 122 valence electrons. The van der Waals surface area contributed by atoms with E-state index in [-0.39, 0.29) is 30.7 Å². The van der Waals surface area contributed by atoms with Gasteiger partial charge in [0, 0.05) is 5.69 Å². The molecule has 2 N–H and O–H groups in total. The standard InChI is InChI=1S/C18H22N2O3/c1-12(2)15-8-4-6-13(3)18(15)20-17(22)10-16(21)19-11-14-7-5-9-23-14/h4-9,12H,10-11H2,1-3H3,(H,19,21)(H,20,22). The highest BCUT2D eigenvalue weighted by Crippen LogP contribution is 2.27. The van der Waals surface area contributed by atoms with E-state index >= 15 is 0 Å². The zero-order valence-electron chi connectivity index (χ0n) is 13.7. The van der Waals surface area contributed by atoms with E-state index in [1.165, 1.54) is 0 Å². The average Bonchev–Trinajstić information content (AvgIpc) is 3.00. The lowest BCUT2D eigenvalue weighted by Gasteiger charge is -2.16. The Kier molecular flexibility index (Phi) is 5.57. The number of amides is 2. The Morgan fingerprint density at radius 1 is 1.13 bits per heavy atom. The van der Waals surface area contributed by atoms with E-state index in [1.54, 1.807) is 18.4 Å². The van der Waals surface area contributed by atoms with Crippen LogP contribution in [-0.4, -0.2) is 11.8 Å². The van der Waals surface area contributed by atoms with E-state index < -0.39 is 0 Å². The maximum Gasteiger partial charge on any atom is 0.233 e. The number of rotatable bonds is 6. The second kappa shape index (κ2) is 7.63. The number of anilines is 1. The minimum Gasteiger partial charge on any atom is -0.467 e. The van der Waals surface area contributed by atoms with Crippen LogP contribution >= 0.6 is 0 Å². The maximum atomic E-state index is 12.1. The fourth-order valence-electron chi connectivity index (χ4n) is 2.33. The molecule has 1 heterocycles. The summed E-state index contributed by atoms with van der Waals surface area (Å²) in [6.45, 7) is 6.36. The fourth-order valence-corrected chi connectivity index (χ4v) is 2.33. The molecule has 5 heteroatoms. The first-order valence-corrected chi connectivity index (χ1v) is 7.66. The lowest BCUT2D eigenvalue weighted by atomic mass is 9.98. The van der Waals surface area contributed by atoms with E-state index in [4.69, 9.17) is 4.42 Å². The molecule has 0 fully saturated rings. The summed E-state index contributed by atoms with van der Waals surface area (Å²) in [4.78, 5) is 23.9. The van der Waals surface area contributed by atoms with Crippen LogP contribution in [0, 0.1) is 6.92 Å². The van der Waals surface area contributed by atoms with Gasteiger partial charge in [0.05, 0.1) is 12.8 Å². The molecule has 0 saturated carbocycles. The van der Waals surface area contributed by atoms with Gasteiger partial charge < -0.3 is 15.1 Å². The van der Waals surface area contributed by atoms with Crippen molar-refractivity contribution in [2.24, 2.45) is 0 Å². The van der Waals surface area contributed by atoms with Gasteiger partial charge in [-0.15, -0.1) is 0 Å². The summed E-state index contributed by atoms with van der Waals surface area (Å²) >= 11 is 0. The summed E-state index contributed by atoms with van der Waals surface area (Å²) < 4.78 is 5.13. The van der Waals surface area contributed by atoms with Crippen LogP contribution in [0.5, 0.6) is 0 Å². The van der Waals surface area contributed by atoms with E-state index in [9.17, 15) is 9.59 Å². The summed E-state index contributed by atoms with van der Waals surface area (Å²) in [5, 5.41) is 5.52. The third-order valence-electron chi connectivity index (χ3n) is 3.55. The Labute approximate surface area is 136 Å². The van der Waals surface area contributed by atoms with Gasteiger partial charge in [-0.25, -0.2) is 0 Å². The molecular formula is C18H22N2O3. The molecule has 2 rings (SSSR count). The number of benzene rings is 1. The number of aryl methyl sites for hydroxylation is 1. The van der Waals surface area contributed by atoms with Crippen molar-refractivity contribution in [3.05, 3.63) is 53.5 Å². The van der Waals surface area contributed by atoms with Crippen LogP contribution in [0.25, 0.3) is 0 Å². The topological polar surface area (TPSA) is 71.3 Å². The van der Waals surface area contributed by atoms with Gasteiger partial charge in [-0.05, 0) is 36.1 Å². The molecule has 0 aliphatic carbocycles. The molecule has 0 aliphatic rings. The molecule has 23 heavy (non-hydrogen) atoms. The smallest absolute Gasteiger partial charge is 0.233 e. The van der Waals surface area contributed by atoms with Crippen molar-refractivity contribution in [3.8, 4) is 0 Å². The summed E-state index contributed by atoms with van der Waals surface area (Å²) in [5.41, 5.74) is 2.85. The largest absolute Gasteiger partial charge is 0.467 e. The second-order valence-electron chi connectivity index (χ2n) is 5.77. The summed E-state index contributed by atoms with van der Waals surface area (Å²) in [5.74, 6) is 0.287. The summed E-state index contributed by atoms with van der Waals surface area (Å²) in [7, 11) is 0. The molecule has 0 saturated heterocycles. The first-order chi connectivity index (χ1) is 11.0. The highest BCUT2D eigenvalue weighted by atomic mass is 16.3. The number of para-hydroxylation sites is 1. The molecule has 0 aliphatic heterocycles. The van der Waals surface area contributed by atoms with E-state index in [0.717, 1.165) is 16.8 Å². The Hall–Kier alpha value is -2.56. The third kappa shape index (κ3) is 4.71. The lowest BCUT2D eigenvalue weighted by molar-refractivity contribution is -0.127. The van der Waals surface area contributed by atoms with Gasteiger partial charge in [-0.2, -0.15) is 0 Å². The van der Waals surface area contributed by atoms with Gasteiger partial charge in [0.1, 0.15) is 12.2 Å². The molecule has 0 atom stereocenters. The van der Waals surface area contributed by atoms with Gasteiger partial charge in [-0.1, -0.05) is 32.0 Å². The monoisotopic (exact) mass is 314 g/mol. The molecule has 1 aromatic carbocycles. The van der Waals surface area contributed by atoms with Crippen molar-refractivity contribution in [3.63, 3.8) is 0 Å². The third-order valence-corrected chi connectivity index (χ3v) is 3.55. The molecule has 0 bridgehead atoms. The second-order valence-corrected chi connectivity index (χ2v) is 5.77. The molecule has 0 unspecified atom stereocenters. The van der Waals surface area contributed by atoms with Gasteiger partial charge in [0.25, 0.3) is 0 Å². The molecule has 0 spiro atoms. The maximum absolute atomic E-state index is 12.1. The van der Waals surface area contributed by atoms with Crippen LogP contribution < -0.4 is 10.6 Å². The van der Waals surface area contributed by atoms with E-state index in [2.05, 4.69) is 24.5 Å². The lowest BCUT2D eigenvalue weighted by Crippen LogP contribution is -2.28. The SMILES string of the molecule is Cc1cccc(C(C)C)c1NC(=O)CC(=O)NCc1ccco1. The van der Waals surface area contributed by atoms with Crippen LogP contribution in [0.3, 0.4) is 0 Å². The van der Waals surface area contributed by atoms with Crippen molar-refractivity contribution in [1.29, 1.82) is 0 Å². The zero-order valence-corrected chi connectivity index (χ0v) is 13.7. The van der Waals surface area contributed by atoms with Crippen LogP contribution in [0.1, 0.15) is 43.1 Å². The summed E-state index contributed by atoms with van der Waals surface area (Å²) in [6, 6.07) is 9.42. The van der Waals surface area contributed by atoms with Crippen molar-refractivity contribution < 1.29 is 14.0 Å². The number of carbonyl (C=O) groups excluding carboxylic acids is 2. The predicted octanol–water partition coefficient (Wildman–Crippen LogP) is 3.36. The molecular weight excluding hydrogens is 292 g/mol. The Morgan fingerprint density at radius 3 is 2.57 bits per heavy atom. The van der Waals surface area contributed by atoms with Crippen LogP contribution in [-0.2, 0) is 16.1 Å². The first-order valence-electron chi connectivity index (χ1n) is 7.66. The van der Waals surface area contributed by atoms with Gasteiger partial charge in [0.2, 0.25) is 11.8 Å².